The van der Waals surface area contributed by atoms with Crippen molar-refractivity contribution in [3.8, 4) is 0 Å². The Morgan fingerprint density at radius 1 is 1.78 bits per heavy atom. The SMILES string of the molecule is CNCC(C)CC(N)=O. The van der Waals surface area contributed by atoms with Gasteiger partial charge in [0.2, 0.25) is 5.91 Å². The van der Waals surface area contributed by atoms with Crippen LogP contribution in [-0.2, 0) is 4.79 Å². The van der Waals surface area contributed by atoms with Gasteiger partial charge in [-0.3, -0.25) is 4.79 Å². The summed E-state index contributed by atoms with van der Waals surface area (Å²) in [5, 5.41) is 2.97. The minimum Gasteiger partial charge on any atom is -0.370 e. The smallest absolute Gasteiger partial charge is 0.217 e. The highest BCUT2D eigenvalue weighted by atomic mass is 16.1. The molecular weight excluding hydrogens is 116 g/mol. The van der Waals surface area contributed by atoms with Gasteiger partial charge in [-0.05, 0) is 19.5 Å². The molecule has 0 aromatic rings. The molecule has 0 aromatic heterocycles. The lowest BCUT2D eigenvalue weighted by Gasteiger charge is -2.05. The van der Waals surface area contributed by atoms with Crippen LogP contribution in [0.2, 0.25) is 0 Å². The van der Waals surface area contributed by atoms with E-state index in [0.29, 0.717) is 12.3 Å². The van der Waals surface area contributed by atoms with Crippen molar-refractivity contribution in [3.63, 3.8) is 0 Å². The van der Waals surface area contributed by atoms with E-state index in [4.69, 9.17) is 5.73 Å². The van der Waals surface area contributed by atoms with Crippen LogP contribution in [-0.4, -0.2) is 19.5 Å². The van der Waals surface area contributed by atoms with E-state index >= 15 is 0 Å². The molecule has 0 aliphatic carbocycles. The molecule has 1 unspecified atom stereocenters. The van der Waals surface area contributed by atoms with E-state index < -0.39 is 0 Å². The number of hydrogen-bond acceptors (Lipinski definition) is 2. The second-order valence-electron chi connectivity index (χ2n) is 2.33. The Morgan fingerprint density at radius 3 is 2.67 bits per heavy atom. The first-order valence-corrected chi connectivity index (χ1v) is 3.09. The molecule has 0 spiro atoms. The predicted octanol–water partition coefficient (Wildman–Crippen LogP) is -0.283. The topological polar surface area (TPSA) is 55.1 Å². The first kappa shape index (κ1) is 8.43. The zero-order valence-corrected chi connectivity index (χ0v) is 5.98. The van der Waals surface area contributed by atoms with Crippen LogP contribution in [0, 0.1) is 5.92 Å². The third kappa shape index (κ3) is 5.30. The van der Waals surface area contributed by atoms with Crippen molar-refractivity contribution in [1.82, 2.24) is 5.32 Å². The van der Waals surface area contributed by atoms with E-state index in [1.165, 1.54) is 0 Å². The summed E-state index contributed by atoms with van der Waals surface area (Å²) in [6.45, 7) is 2.84. The predicted molar refractivity (Wildman–Crippen MR) is 36.9 cm³/mol. The normalized spacial score (nSPS) is 13.1. The Bertz CT molecular complexity index is 93.1. The van der Waals surface area contributed by atoms with Gasteiger partial charge in [0, 0.05) is 6.42 Å². The second kappa shape index (κ2) is 4.32. The van der Waals surface area contributed by atoms with Gasteiger partial charge in [0.1, 0.15) is 0 Å². The summed E-state index contributed by atoms with van der Waals surface area (Å²) < 4.78 is 0. The number of primary amides is 1. The van der Waals surface area contributed by atoms with E-state index in [-0.39, 0.29) is 5.91 Å². The lowest BCUT2D eigenvalue weighted by molar-refractivity contribution is -0.118. The number of carbonyl (C=O) groups excluding carboxylic acids is 1. The highest BCUT2D eigenvalue weighted by Gasteiger charge is 2.02. The van der Waals surface area contributed by atoms with Crippen LogP contribution < -0.4 is 11.1 Å². The minimum atomic E-state index is -0.224. The maximum atomic E-state index is 10.3. The highest BCUT2D eigenvalue weighted by molar-refractivity contribution is 5.73. The summed E-state index contributed by atoms with van der Waals surface area (Å²) in [5.41, 5.74) is 4.96. The Hall–Kier alpha value is -0.570. The van der Waals surface area contributed by atoms with Crippen LogP contribution in [0.25, 0.3) is 0 Å². The third-order valence-electron chi connectivity index (χ3n) is 1.10. The maximum Gasteiger partial charge on any atom is 0.217 e. The summed E-state index contributed by atoms with van der Waals surface area (Å²) in [6, 6.07) is 0. The zero-order chi connectivity index (χ0) is 7.28. The lowest BCUT2D eigenvalue weighted by Crippen LogP contribution is -2.22. The fourth-order valence-corrected chi connectivity index (χ4v) is 0.764. The maximum absolute atomic E-state index is 10.3. The van der Waals surface area contributed by atoms with Gasteiger partial charge in [0.15, 0.2) is 0 Å². The Balaban J connectivity index is 3.26. The van der Waals surface area contributed by atoms with Gasteiger partial charge in [-0.25, -0.2) is 0 Å². The molecular formula is C6H14N2O. The first-order chi connectivity index (χ1) is 4.16. The quantitative estimate of drug-likeness (QED) is 0.549. The van der Waals surface area contributed by atoms with Crippen molar-refractivity contribution >= 4 is 5.91 Å². The Labute approximate surface area is 55.6 Å². The van der Waals surface area contributed by atoms with Crippen molar-refractivity contribution in [2.24, 2.45) is 11.7 Å². The molecule has 0 rings (SSSR count). The molecule has 1 amide bonds. The third-order valence-corrected chi connectivity index (χ3v) is 1.10. The molecule has 0 saturated heterocycles. The first-order valence-electron chi connectivity index (χ1n) is 3.09. The molecule has 9 heavy (non-hydrogen) atoms. The summed E-state index contributed by atoms with van der Waals surface area (Å²) in [7, 11) is 1.86. The molecule has 3 N–H and O–H groups in total. The average Bonchev–Trinajstić information content (AvgIpc) is 1.63. The largest absolute Gasteiger partial charge is 0.370 e. The van der Waals surface area contributed by atoms with Gasteiger partial charge < -0.3 is 11.1 Å². The summed E-state index contributed by atoms with van der Waals surface area (Å²) >= 11 is 0. The van der Waals surface area contributed by atoms with Crippen LogP contribution in [0.5, 0.6) is 0 Å². The summed E-state index contributed by atoms with van der Waals surface area (Å²) in [4.78, 5) is 10.3. The molecule has 1 atom stereocenters. The van der Waals surface area contributed by atoms with Crippen molar-refractivity contribution in [2.75, 3.05) is 13.6 Å². The fraction of sp³-hybridized carbons (Fsp3) is 0.833. The van der Waals surface area contributed by atoms with Crippen molar-refractivity contribution in [2.45, 2.75) is 13.3 Å². The van der Waals surface area contributed by atoms with Gasteiger partial charge in [-0.2, -0.15) is 0 Å². The van der Waals surface area contributed by atoms with Crippen molar-refractivity contribution in [3.05, 3.63) is 0 Å². The van der Waals surface area contributed by atoms with Crippen LogP contribution in [0.4, 0.5) is 0 Å². The Morgan fingerprint density at radius 2 is 2.33 bits per heavy atom. The van der Waals surface area contributed by atoms with Crippen LogP contribution >= 0.6 is 0 Å². The number of hydrogen-bond donors (Lipinski definition) is 2. The molecule has 3 nitrogen and oxygen atoms in total. The molecule has 54 valence electrons. The van der Waals surface area contributed by atoms with Gasteiger partial charge in [0.25, 0.3) is 0 Å². The molecule has 3 heteroatoms. The molecule has 0 heterocycles. The molecule has 0 aromatic carbocycles. The summed E-state index contributed by atoms with van der Waals surface area (Å²) in [5.74, 6) is 0.130. The second-order valence-corrected chi connectivity index (χ2v) is 2.33. The minimum absolute atomic E-state index is 0.224. The van der Waals surface area contributed by atoms with E-state index in [0.717, 1.165) is 6.54 Å². The molecule has 0 saturated carbocycles. The molecule has 0 bridgehead atoms. The van der Waals surface area contributed by atoms with Crippen LogP contribution in [0.15, 0.2) is 0 Å². The summed E-state index contributed by atoms with van der Waals surface area (Å²) in [6.07, 6.45) is 0.473. The Kier molecular flexibility index (Phi) is 4.05. The number of carbonyl (C=O) groups is 1. The number of nitrogens with two attached hydrogens (primary N) is 1. The zero-order valence-electron chi connectivity index (χ0n) is 5.98. The van der Waals surface area contributed by atoms with E-state index in [1.54, 1.807) is 0 Å². The monoisotopic (exact) mass is 130 g/mol. The molecule has 0 aliphatic rings. The average molecular weight is 130 g/mol. The van der Waals surface area contributed by atoms with E-state index in [2.05, 4.69) is 5.32 Å². The van der Waals surface area contributed by atoms with E-state index in [9.17, 15) is 4.79 Å². The van der Waals surface area contributed by atoms with Gasteiger partial charge in [0.05, 0.1) is 0 Å². The highest BCUT2D eigenvalue weighted by Crippen LogP contribution is 1.96. The standard InChI is InChI=1S/C6H14N2O/c1-5(4-8-2)3-6(7)9/h5,8H,3-4H2,1-2H3,(H2,7,9). The molecule has 0 fully saturated rings. The fourth-order valence-electron chi connectivity index (χ4n) is 0.764. The lowest BCUT2D eigenvalue weighted by atomic mass is 10.1. The van der Waals surface area contributed by atoms with Gasteiger partial charge in [-0.1, -0.05) is 6.92 Å². The number of nitrogens with one attached hydrogen (secondary N) is 1. The van der Waals surface area contributed by atoms with Crippen molar-refractivity contribution in [1.29, 1.82) is 0 Å². The number of rotatable bonds is 4. The van der Waals surface area contributed by atoms with Crippen LogP contribution in [0.1, 0.15) is 13.3 Å². The molecule has 0 radical (unpaired) electrons. The molecule has 0 aliphatic heterocycles. The van der Waals surface area contributed by atoms with E-state index in [1.807, 2.05) is 14.0 Å². The number of amides is 1. The van der Waals surface area contributed by atoms with Crippen LogP contribution in [0.3, 0.4) is 0 Å². The van der Waals surface area contributed by atoms with Gasteiger partial charge in [-0.15, -0.1) is 0 Å². The van der Waals surface area contributed by atoms with Crippen molar-refractivity contribution < 1.29 is 4.79 Å². The van der Waals surface area contributed by atoms with Gasteiger partial charge >= 0.3 is 0 Å².